The van der Waals surface area contributed by atoms with Gasteiger partial charge in [0.1, 0.15) is 5.52 Å². The minimum absolute atomic E-state index is 0. The van der Waals surface area contributed by atoms with Gasteiger partial charge >= 0.3 is 0 Å². The summed E-state index contributed by atoms with van der Waals surface area (Å²) < 4.78 is 0. The van der Waals surface area contributed by atoms with Crippen molar-refractivity contribution in [3.05, 3.63) is 77.3 Å². The van der Waals surface area contributed by atoms with Crippen LogP contribution in [0.25, 0.3) is 28.0 Å². The van der Waals surface area contributed by atoms with Crippen molar-refractivity contribution in [3.8, 4) is 0 Å². The van der Waals surface area contributed by atoms with Gasteiger partial charge in [-0.05, 0) is 39.5 Å². The van der Waals surface area contributed by atoms with Crippen LogP contribution in [0.3, 0.4) is 0 Å². The quantitative estimate of drug-likeness (QED) is 0.392. The smallest absolute Gasteiger partial charge is 0.285 e. The zero-order valence-corrected chi connectivity index (χ0v) is 15.4. The van der Waals surface area contributed by atoms with Gasteiger partial charge in [-0.15, -0.1) is 0 Å². The second-order valence-electron chi connectivity index (χ2n) is 6.14. The number of rotatable bonds is 1. The molecule has 1 aliphatic heterocycles. The Labute approximate surface area is 157 Å². The van der Waals surface area contributed by atoms with Gasteiger partial charge in [-0.25, -0.2) is 4.98 Å². The summed E-state index contributed by atoms with van der Waals surface area (Å²) in [5.41, 5.74) is 4.84. The molecule has 0 radical (unpaired) electrons. The maximum atomic E-state index is 4.51. The summed E-state index contributed by atoms with van der Waals surface area (Å²) in [6.07, 6.45) is 4.01. The van der Waals surface area contributed by atoms with E-state index in [0.717, 1.165) is 11.0 Å². The van der Waals surface area contributed by atoms with E-state index in [1.165, 1.54) is 27.1 Å². The normalized spacial score (nSPS) is 16.0. The highest BCUT2D eigenvalue weighted by atomic mass is 127. The molecule has 118 valence electrons. The molecule has 0 aliphatic carbocycles. The van der Waals surface area contributed by atoms with Crippen molar-refractivity contribution in [2.45, 2.75) is 6.04 Å². The van der Waals surface area contributed by atoms with E-state index in [2.05, 4.69) is 82.7 Å². The third-order valence-corrected chi connectivity index (χ3v) is 4.79. The van der Waals surface area contributed by atoms with E-state index < -0.39 is 0 Å². The first-order chi connectivity index (χ1) is 11.3. The molecule has 2 heterocycles. The lowest BCUT2D eigenvalue weighted by atomic mass is 9.89. The highest BCUT2D eigenvalue weighted by Crippen LogP contribution is 2.36. The summed E-state index contributed by atoms with van der Waals surface area (Å²) in [5.74, 6) is 0. The molecule has 1 N–H and O–H groups in total. The van der Waals surface area contributed by atoms with Crippen molar-refractivity contribution in [2.24, 2.45) is 0 Å². The van der Waals surface area contributed by atoms with Gasteiger partial charge in [0, 0.05) is 18.6 Å². The summed E-state index contributed by atoms with van der Waals surface area (Å²) in [4.78, 5) is 10.1. The van der Waals surface area contributed by atoms with Crippen molar-refractivity contribution in [1.29, 1.82) is 0 Å². The summed E-state index contributed by atoms with van der Waals surface area (Å²) in [7, 11) is 2.15. The van der Waals surface area contributed by atoms with Gasteiger partial charge in [0.15, 0.2) is 5.52 Å². The van der Waals surface area contributed by atoms with Crippen molar-refractivity contribution in [1.82, 2.24) is 9.88 Å². The second kappa shape index (κ2) is 5.70. The fourth-order valence-corrected chi connectivity index (χ4v) is 3.83. The molecule has 0 fully saturated rings. The molecule has 1 aromatic heterocycles. The standard InChI is InChI=1S/C20H15N3.HI/c1-23-11-14-7-9-16-19-17(22-12-21-16)10-8-15(18(14)19)20(23)13-5-3-2-4-6-13;/h2-12,20H,1H3;1H. The molecule has 1 atom stereocenters. The predicted molar refractivity (Wildman–Crippen MR) is 91.5 cm³/mol. The van der Waals surface area contributed by atoms with Gasteiger partial charge < -0.3 is 28.9 Å². The predicted octanol–water partition coefficient (Wildman–Crippen LogP) is -0.302. The van der Waals surface area contributed by atoms with Crippen LogP contribution in [0, 0.1) is 0 Å². The number of halogens is 1. The van der Waals surface area contributed by atoms with Crippen LogP contribution in [-0.2, 0) is 0 Å². The molecule has 5 rings (SSSR count). The average molecular weight is 425 g/mol. The Hall–Kier alpha value is -2.21. The Morgan fingerprint density at radius 3 is 2.62 bits per heavy atom. The van der Waals surface area contributed by atoms with Crippen LogP contribution >= 0.6 is 0 Å². The summed E-state index contributed by atoms with van der Waals surface area (Å²) in [5, 5.41) is 3.80. The average Bonchev–Trinajstić information content (AvgIpc) is 2.60. The SMILES string of the molecule is CN1C=c2ccc3nc[nH+]c4ccc(c2c34)C1c1ccccc1.[I-]. The van der Waals surface area contributed by atoms with Crippen LogP contribution in [-0.4, -0.2) is 16.9 Å². The Bertz CT molecular complexity index is 1080. The molecule has 1 unspecified atom stereocenters. The molecule has 4 aromatic rings. The third kappa shape index (κ3) is 2.09. The fourth-order valence-electron chi connectivity index (χ4n) is 3.83. The molecule has 0 spiro atoms. The molecule has 0 saturated carbocycles. The summed E-state index contributed by atoms with van der Waals surface area (Å²) in [6.45, 7) is 0. The topological polar surface area (TPSA) is 30.3 Å². The first-order valence-corrected chi connectivity index (χ1v) is 7.83. The molecule has 0 bridgehead atoms. The third-order valence-electron chi connectivity index (χ3n) is 4.79. The summed E-state index contributed by atoms with van der Waals surface area (Å²) >= 11 is 0. The van der Waals surface area contributed by atoms with Crippen LogP contribution < -0.4 is 34.2 Å². The Morgan fingerprint density at radius 2 is 1.79 bits per heavy atom. The number of H-pyrrole nitrogens is 1. The van der Waals surface area contributed by atoms with E-state index in [1.54, 1.807) is 6.33 Å². The molecule has 3 aromatic carbocycles. The number of aromatic amines is 1. The highest BCUT2D eigenvalue weighted by Gasteiger charge is 2.25. The van der Waals surface area contributed by atoms with Gasteiger partial charge in [0.2, 0.25) is 0 Å². The molecule has 24 heavy (non-hydrogen) atoms. The maximum absolute atomic E-state index is 4.51. The Balaban J connectivity index is 0.00000146. The van der Waals surface area contributed by atoms with E-state index in [1.807, 2.05) is 0 Å². The molecule has 0 amide bonds. The number of nitrogens with one attached hydrogen (secondary N) is 1. The van der Waals surface area contributed by atoms with Gasteiger partial charge in [0.05, 0.1) is 11.4 Å². The van der Waals surface area contributed by atoms with Crippen LogP contribution in [0.15, 0.2) is 60.9 Å². The van der Waals surface area contributed by atoms with Crippen molar-refractivity contribution < 1.29 is 29.0 Å². The van der Waals surface area contributed by atoms with E-state index >= 15 is 0 Å². The van der Waals surface area contributed by atoms with Crippen LogP contribution in [0.4, 0.5) is 0 Å². The minimum Gasteiger partial charge on any atom is -1.00 e. The molecule has 1 aliphatic rings. The zero-order valence-electron chi connectivity index (χ0n) is 13.2. The molecular formula is C20H16IN3. The molecule has 4 heteroatoms. The monoisotopic (exact) mass is 425 g/mol. The largest absolute Gasteiger partial charge is 1.00 e. The lowest BCUT2D eigenvalue weighted by Gasteiger charge is -2.32. The number of nitrogens with zero attached hydrogens (tertiary/aromatic N) is 2. The van der Waals surface area contributed by atoms with E-state index in [0.29, 0.717) is 0 Å². The summed E-state index contributed by atoms with van der Waals surface area (Å²) in [6, 6.07) is 19.6. The maximum Gasteiger partial charge on any atom is 0.285 e. The molecule has 3 nitrogen and oxygen atoms in total. The van der Waals surface area contributed by atoms with E-state index in [4.69, 9.17) is 0 Å². The Kier molecular flexibility index (Phi) is 3.64. The number of hydrogen-bond donors (Lipinski definition) is 0. The van der Waals surface area contributed by atoms with Crippen molar-refractivity contribution in [2.75, 3.05) is 7.05 Å². The van der Waals surface area contributed by atoms with Crippen LogP contribution in [0.2, 0.25) is 0 Å². The first-order valence-electron chi connectivity index (χ1n) is 7.83. The second-order valence-corrected chi connectivity index (χ2v) is 6.14. The van der Waals surface area contributed by atoms with Crippen molar-refractivity contribution >= 4 is 28.0 Å². The molecule has 0 saturated heterocycles. The number of hydrogen-bond acceptors (Lipinski definition) is 2. The zero-order chi connectivity index (χ0) is 15.4. The highest BCUT2D eigenvalue weighted by molar-refractivity contribution is 6.07. The van der Waals surface area contributed by atoms with E-state index in [9.17, 15) is 0 Å². The van der Waals surface area contributed by atoms with Crippen LogP contribution in [0.5, 0.6) is 0 Å². The van der Waals surface area contributed by atoms with Crippen LogP contribution in [0.1, 0.15) is 17.2 Å². The number of benzene rings is 3. The minimum atomic E-state index is 0. The van der Waals surface area contributed by atoms with Crippen molar-refractivity contribution in [3.63, 3.8) is 0 Å². The first kappa shape index (κ1) is 15.3. The lowest BCUT2D eigenvalue weighted by molar-refractivity contribution is -0.349. The number of aromatic nitrogens is 2. The van der Waals surface area contributed by atoms with E-state index in [-0.39, 0.29) is 30.0 Å². The van der Waals surface area contributed by atoms with Gasteiger partial charge in [0.25, 0.3) is 6.33 Å². The van der Waals surface area contributed by atoms with Gasteiger partial charge in [-0.1, -0.05) is 36.4 Å². The van der Waals surface area contributed by atoms with Gasteiger partial charge in [-0.2, -0.15) is 0 Å². The molecular weight excluding hydrogens is 409 g/mol. The fraction of sp³-hybridized carbons (Fsp3) is 0.100. The lowest BCUT2D eigenvalue weighted by Crippen LogP contribution is -3.00. The van der Waals surface area contributed by atoms with Gasteiger partial charge in [-0.3, -0.25) is 0 Å². The Morgan fingerprint density at radius 1 is 0.958 bits per heavy atom.